The summed E-state index contributed by atoms with van der Waals surface area (Å²) in [6, 6.07) is 20.9. The molecule has 4 nitrogen and oxygen atoms in total. The molecule has 0 radical (unpaired) electrons. The Balaban J connectivity index is 1.76. The smallest absolute Gasteiger partial charge is 0.439 e. The molecular formula is C24H18F3NO3S2. The number of hydrogen-bond acceptors (Lipinski definition) is 5. The monoisotopic (exact) mass is 489 g/mol. The molecule has 3 aromatic carbocycles. The third-order valence-corrected chi connectivity index (χ3v) is 7.33. The molecule has 0 unspecified atom stereocenters. The molecule has 0 spiro atoms. The third-order valence-electron chi connectivity index (χ3n) is 4.87. The standard InChI is InChI=1S/C24H18F3NO3S2/c1-16-7-5-6-10-20(16)22-28-23(33(29,30)19-8-3-2-4-9-19)21(31-22)15-17-11-13-18(14-12-17)32-24(25,26)27/h2-14H,15H2,1H3. The molecule has 0 saturated carbocycles. The van der Waals surface area contributed by atoms with E-state index in [0.29, 0.717) is 11.1 Å². The first kappa shape index (κ1) is 23.1. The molecule has 170 valence electrons. The highest BCUT2D eigenvalue weighted by Gasteiger charge is 2.30. The van der Waals surface area contributed by atoms with Crippen LogP contribution in [0.2, 0.25) is 0 Å². The molecule has 0 bridgehead atoms. The van der Waals surface area contributed by atoms with E-state index in [4.69, 9.17) is 4.42 Å². The van der Waals surface area contributed by atoms with Crippen LogP contribution in [0.3, 0.4) is 0 Å². The van der Waals surface area contributed by atoms with Crippen LogP contribution in [0, 0.1) is 6.92 Å². The van der Waals surface area contributed by atoms with Gasteiger partial charge in [-0.2, -0.15) is 18.2 Å². The van der Waals surface area contributed by atoms with E-state index in [2.05, 4.69) is 4.98 Å². The van der Waals surface area contributed by atoms with Crippen molar-refractivity contribution in [1.82, 2.24) is 4.98 Å². The Morgan fingerprint density at radius 2 is 1.55 bits per heavy atom. The molecule has 0 saturated heterocycles. The number of benzene rings is 3. The number of aryl methyl sites for hydroxylation is 1. The average molecular weight is 490 g/mol. The molecule has 0 amide bonds. The van der Waals surface area contributed by atoms with Gasteiger partial charge in [0.25, 0.3) is 0 Å². The van der Waals surface area contributed by atoms with E-state index >= 15 is 0 Å². The Morgan fingerprint density at radius 1 is 0.909 bits per heavy atom. The quantitative estimate of drug-likeness (QED) is 0.283. The van der Waals surface area contributed by atoms with Gasteiger partial charge in [0.2, 0.25) is 20.8 Å². The summed E-state index contributed by atoms with van der Waals surface area (Å²) in [5.41, 5.74) is -2.27. The summed E-state index contributed by atoms with van der Waals surface area (Å²) in [7, 11) is -3.98. The highest BCUT2D eigenvalue weighted by atomic mass is 32.2. The molecule has 9 heteroatoms. The fraction of sp³-hybridized carbons (Fsp3) is 0.125. The normalized spacial score (nSPS) is 12.1. The predicted molar refractivity (Wildman–Crippen MR) is 120 cm³/mol. The van der Waals surface area contributed by atoms with Crippen LogP contribution in [0.25, 0.3) is 11.5 Å². The first-order valence-corrected chi connectivity index (χ1v) is 12.1. The lowest BCUT2D eigenvalue weighted by molar-refractivity contribution is -0.0328. The summed E-state index contributed by atoms with van der Waals surface area (Å²) in [4.78, 5) is 4.46. The van der Waals surface area contributed by atoms with Crippen LogP contribution in [0.15, 0.2) is 98.1 Å². The number of alkyl halides is 3. The van der Waals surface area contributed by atoms with Gasteiger partial charge in [0.1, 0.15) is 5.76 Å². The van der Waals surface area contributed by atoms with Crippen LogP contribution in [0.1, 0.15) is 16.9 Å². The average Bonchev–Trinajstić information content (AvgIpc) is 3.19. The summed E-state index contributed by atoms with van der Waals surface area (Å²) in [6.07, 6.45) is 0.0528. The van der Waals surface area contributed by atoms with Gasteiger partial charge >= 0.3 is 5.51 Å². The number of sulfone groups is 1. The Bertz CT molecular complexity index is 1360. The number of aromatic nitrogens is 1. The minimum Gasteiger partial charge on any atom is -0.439 e. The minimum absolute atomic E-state index is 0.0431. The van der Waals surface area contributed by atoms with Crippen LogP contribution < -0.4 is 0 Å². The maximum absolute atomic E-state index is 13.3. The van der Waals surface area contributed by atoms with Gasteiger partial charge < -0.3 is 4.42 Å². The maximum atomic E-state index is 13.3. The van der Waals surface area contributed by atoms with Gasteiger partial charge in [0.05, 0.1) is 4.90 Å². The molecule has 0 atom stereocenters. The lowest BCUT2D eigenvalue weighted by Gasteiger charge is -2.07. The van der Waals surface area contributed by atoms with Crippen molar-refractivity contribution in [3.63, 3.8) is 0 Å². The topological polar surface area (TPSA) is 60.2 Å². The van der Waals surface area contributed by atoms with Gasteiger partial charge in [0.15, 0.2) is 0 Å². The second-order valence-electron chi connectivity index (χ2n) is 7.25. The number of nitrogens with zero attached hydrogens (tertiary/aromatic N) is 1. The third kappa shape index (κ3) is 5.31. The molecule has 0 aliphatic heterocycles. The zero-order chi connectivity index (χ0) is 23.6. The predicted octanol–water partition coefficient (Wildman–Crippen LogP) is 6.69. The molecular weight excluding hydrogens is 471 g/mol. The Labute approximate surface area is 193 Å². The minimum atomic E-state index is -4.38. The van der Waals surface area contributed by atoms with Crippen molar-refractivity contribution in [3.05, 3.63) is 95.7 Å². The van der Waals surface area contributed by atoms with Crippen LogP contribution >= 0.6 is 11.8 Å². The van der Waals surface area contributed by atoms with Crippen molar-refractivity contribution < 1.29 is 26.0 Å². The molecule has 0 aliphatic rings. The van der Waals surface area contributed by atoms with E-state index in [9.17, 15) is 21.6 Å². The van der Waals surface area contributed by atoms with E-state index < -0.39 is 15.3 Å². The lowest BCUT2D eigenvalue weighted by Crippen LogP contribution is -2.06. The van der Waals surface area contributed by atoms with Gasteiger partial charge in [-0.15, -0.1) is 0 Å². The largest absolute Gasteiger partial charge is 0.446 e. The first-order valence-electron chi connectivity index (χ1n) is 9.84. The molecule has 0 aliphatic carbocycles. The highest BCUT2D eigenvalue weighted by molar-refractivity contribution is 8.00. The second kappa shape index (κ2) is 9.07. The van der Waals surface area contributed by atoms with Crippen molar-refractivity contribution in [2.75, 3.05) is 0 Å². The highest BCUT2D eigenvalue weighted by Crippen LogP contribution is 2.37. The summed E-state index contributed by atoms with van der Waals surface area (Å²) < 4.78 is 70.4. The number of oxazole rings is 1. The Hall–Kier alpha value is -3.04. The zero-order valence-corrected chi connectivity index (χ0v) is 19.0. The number of thioether (sulfide) groups is 1. The molecule has 1 aromatic heterocycles. The summed E-state index contributed by atoms with van der Waals surface area (Å²) >= 11 is -0.208. The number of halogens is 3. The molecule has 33 heavy (non-hydrogen) atoms. The summed E-state index contributed by atoms with van der Waals surface area (Å²) in [5, 5.41) is -0.208. The molecule has 1 heterocycles. The second-order valence-corrected chi connectivity index (χ2v) is 10.3. The number of rotatable bonds is 6. The number of hydrogen-bond donors (Lipinski definition) is 0. The van der Waals surface area contributed by atoms with Gasteiger partial charge in [-0.3, -0.25) is 0 Å². The molecule has 4 rings (SSSR count). The molecule has 0 fully saturated rings. The lowest BCUT2D eigenvalue weighted by atomic mass is 10.1. The van der Waals surface area contributed by atoms with Crippen molar-refractivity contribution in [2.45, 2.75) is 33.7 Å². The summed E-state index contributed by atoms with van der Waals surface area (Å²) in [6.45, 7) is 1.86. The van der Waals surface area contributed by atoms with Gasteiger partial charge in [0, 0.05) is 16.9 Å². The zero-order valence-electron chi connectivity index (χ0n) is 17.3. The van der Waals surface area contributed by atoms with Crippen molar-refractivity contribution >= 4 is 21.6 Å². The van der Waals surface area contributed by atoms with Gasteiger partial charge in [-0.05, 0) is 60.1 Å². The van der Waals surface area contributed by atoms with Gasteiger partial charge in [-0.25, -0.2) is 8.42 Å². The molecule has 0 N–H and O–H groups in total. The fourth-order valence-corrected chi connectivity index (χ4v) is 5.19. The van der Waals surface area contributed by atoms with E-state index in [1.165, 1.54) is 36.4 Å². The van der Waals surface area contributed by atoms with Crippen molar-refractivity contribution in [2.24, 2.45) is 0 Å². The Kier molecular flexibility index (Phi) is 6.36. The molecule has 4 aromatic rings. The summed E-state index contributed by atoms with van der Waals surface area (Å²) in [5.74, 6) is 0.287. The van der Waals surface area contributed by atoms with Crippen LogP contribution in [-0.4, -0.2) is 18.9 Å². The van der Waals surface area contributed by atoms with E-state index in [1.807, 2.05) is 19.1 Å². The Morgan fingerprint density at radius 3 is 2.18 bits per heavy atom. The van der Waals surface area contributed by atoms with Crippen molar-refractivity contribution in [3.8, 4) is 11.5 Å². The van der Waals surface area contributed by atoms with E-state index in [1.54, 1.807) is 30.3 Å². The van der Waals surface area contributed by atoms with Crippen LogP contribution in [0.4, 0.5) is 13.2 Å². The van der Waals surface area contributed by atoms with Crippen molar-refractivity contribution in [1.29, 1.82) is 0 Å². The van der Waals surface area contributed by atoms with E-state index in [-0.39, 0.29) is 44.7 Å². The van der Waals surface area contributed by atoms with Crippen LogP contribution in [-0.2, 0) is 16.3 Å². The SMILES string of the molecule is Cc1ccccc1-c1nc(S(=O)(=O)c2ccccc2)c(Cc2ccc(SC(F)(F)F)cc2)o1. The van der Waals surface area contributed by atoms with E-state index in [0.717, 1.165) is 5.56 Å². The fourth-order valence-electron chi connectivity index (χ4n) is 3.29. The first-order chi connectivity index (χ1) is 15.6. The maximum Gasteiger partial charge on any atom is 0.446 e. The van der Waals surface area contributed by atoms with Crippen LogP contribution in [0.5, 0.6) is 0 Å². The van der Waals surface area contributed by atoms with Gasteiger partial charge in [-0.1, -0.05) is 48.5 Å².